The summed E-state index contributed by atoms with van der Waals surface area (Å²) in [7, 11) is 0. The molecule has 2 N–H and O–H groups in total. The molecule has 0 saturated carbocycles. The third kappa shape index (κ3) is 5.76. The Morgan fingerprint density at radius 2 is 1.82 bits per heavy atom. The van der Waals surface area contributed by atoms with Crippen molar-refractivity contribution in [1.29, 1.82) is 0 Å². The summed E-state index contributed by atoms with van der Waals surface area (Å²) in [4.78, 5) is 17.3. The standard InChI is InChI=1S/C24H24BrClN4O2S/c1-2-29-12-14-30(15-13-29)22-18(26)4-3-5-19(22)27-24(33)28-23(31)21-11-10-20(32-21)16-6-8-17(25)9-7-16/h3-11H,2,12-15H2,1H3,(H2,27,28,31,33). The van der Waals surface area contributed by atoms with E-state index in [9.17, 15) is 4.79 Å². The largest absolute Gasteiger partial charge is 0.451 e. The Hall–Kier alpha value is -2.39. The molecule has 172 valence electrons. The highest BCUT2D eigenvalue weighted by atomic mass is 79.9. The van der Waals surface area contributed by atoms with Crippen molar-refractivity contribution >= 4 is 62.1 Å². The van der Waals surface area contributed by atoms with Crippen molar-refractivity contribution in [1.82, 2.24) is 10.2 Å². The average molecular weight is 548 g/mol. The molecule has 2 heterocycles. The summed E-state index contributed by atoms with van der Waals surface area (Å²) in [6.45, 7) is 6.89. The van der Waals surface area contributed by atoms with Crippen LogP contribution in [0.2, 0.25) is 5.02 Å². The third-order valence-electron chi connectivity index (χ3n) is 5.56. The Bertz CT molecular complexity index is 1140. The fraction of sp³-hybridized carbons (Fsp3) is 0.250. The van der Waals surface area contributed by atoms with Crippen molar-refractivity contribution in [3.8, 4) is 11.3 Å². The summed E-state index contributed by atoms with van der Waals surface area (Å²) < 4.78 is 6.70. The molecule has 6 nitrogen and oxygen atoms in total. The van der Waals surface area contributed by atoms with E-state index in [1.807, 2.05) is 42.5 Å². The van der Waals surface area contributed by atoms with Crippen LogP contribution in [0.4, 0.5) is 11.4 Å². The van der Waals surface area contributed by atoms with Gasteiger partial charge in [0.25, 0.3) is 5.91 Å². The summed E-state index contributed by atoms with van der Waals surface area (Å²) >= 11 is 15.4. The van der Waals surface area contributed by atoms with Crippen molar-refractivity contribution in [3.63, 3.8) is 0 Å². The first-order valence-electron chi connectivity index (χ1n) is 10.7. The first-order chi connectivity index (χ1) is 15.9. The molecule has 0 bridgehead atoms. The number of amides is 1. The van der Waals surface area contributed by atoms with Gasteiger partial charge in [0.15, 0.2) is 10.9 Å². The first kappa shape index (κ1) is 23.8. The predicted octanol–water partition coefficient (Wildman–Crippen LogP) is 5.63. The number of nitrogens with one attached hydrogen (secondary N) is 2. The van der Waals surface area contributed by atoms with Gasteiger partial charge in [-0.3, -0.25) is 10.1 Å². The van der Waals surface area contributed by atoms with Crippen LogP contribution < -0.4 is 15.5 Å². The average Bonchev–Trinajstić information content (AvgIpc) is 3.30. The predicted molar refractivity (Wildman–Crippen MR) is 141 cm³/mol. The number of nitrogens with zero attached hydrogens (tertiary/aromatic N) is 2. The molecule has 1 fully saturated rings. The van der Waals surface area contributed by atoms with Gasteiger partial charge in [0.2, 0.25) is 0 Å². The number of piperazine rings is 1. The molecule has 0 radical (unpaired) electrons. The highest BCUT2D eigenvalue weighted by molar-refractivity contribution is 9.10. The van der Waals surface area contributed by atoms with Crippen LogP contribution in [-0.4, -0.2) is 48.6 Å². The minimum atomic E-state index is -0.420. The van der Waals surface area contributed by atoms with Crippen molar-refractivity contribution in [2.24, 2.45) is 0 Å². The van der Waals surface area contributed by atoms with Crippen molar-refractivity contribution in [2.45, 2.75) is 6.92 Å². The number of likely N-dealkylation sites (N-methyl/N-ethyl adjacent to an activating group) is 1. The highest BCUT2D eigenvalue weighted by Gasteiger charge is 2.21. The van der Waals surface area contributed by atoms with Crippen LogP contribution in [0.1, 0.15) is 17.5 Å². The molecular formula is C24H24BrClN4O2S. The smallest absolute Gasteiger partial charge is 0.293 e. The fourth-order valence-corrected chi connectivity index (χ4v) is 4.53. The summed E-state index contributed by atoms with van der Waals surface area (Å²) in [5, 5.41) is 6.65. The zero-order valence-corrected chi connectivity index (χ0v) is 21.3. The van der Waals surface area contributed by atoms with Crippen LogP contribution in [0.15, 0.2) is 63.5 Å². The normalized spacial score (nSPS) is 14.2. The molecule has 1 aromatic heterocycles. The maximum Gasteiger partial charge on any atom is 0.293 e. The summed E-state index contributed by atoms with van der Waals surface area (Å²) in [5.41, 5.74) is 2.53. The van der Waals surface area contributed by atoms with E-state index in [-0.39, 0.29) is 10.9 Å². The van der Waals surface area contributed by atoms with E-state index in [2.05, 4.69) is 43.3 Å². The van der Waals surface area contributed by atoms with E-state index in [1.165, 1.54) is 0 Å². The molecule has 1 saturated heterocycles. The van der Waals surface area contributed by atoms with E-state index < -0.39 is 5.91 Å². The van der Waals surface area contributed by atoms with Crippen LogP contribution in [0.3, 0.4) is 0 Å². The van der Waals surface area contributed by atoms with Gasteiger partial charge in [-0.25, -0.2) is 0 Å². The summed E-state index contributed by atoms with van der Waals surface area (Å²) in [5.74, 6) is 0.366. The molecule has 2 aromatic carbocycles. The van der Waals surface area contributed by atoms with Gasteiger partial charge in [0.1, 0.15) is 5.76 Å². The number of carbonyl (C=O) groups is 1. The quantitative estimate of drug-likeness (QED) is 0.404. The lowest BCUT2D eigenvalue weighted by Gasteiger charge is -2.37. The second-order valence-electron chi connectivity index (χ2n) is 7.64. The minimum Gasteiger partial charge on any atom is -0.451 e. The third-order valence-corrected chi connectivity index (χ3v) is 6.59. The zero-order chi connectivity index (χ0) is 23.4. The number of thiocarbonyl (C=S) groups is 1. The molecule has 4 rings (SSSR count). The maximum atomic E-state index is 12.7. The van der Waals surface area contributed by atoms with E-state index in [0.29, 0.717) is 10.8 Å². The van der Waals surface area contributed by atoms with Crippen molar-refractivity contribution in [2.75, 3.05) is 42.9 Å². The number of para-hydroxylation sites is 1. The number of rotatable bonds is 5. The van der Waals surface area contributed by atoms with Gasteiger partial charge < -0.3 is 19.5 Å². The lowest BCUT2D eigenvalue weighted by Crippen LogP contribution is -2.46. The van der Waals surface area contributed by atoms with E-state index in [4.69, 9.17) is 28.2 Å². The number of furan rings is 1. The van der Waals surface area contributed by atoms with E-state index in [1.54, 1.807) is 12.1 Å². The van der Waals surface area contributed by atoms with Gasteiger partial charge in [0.05, 0.1) is 16.4 Å². The minimum absolute atomic E-state index is 0.178. The Morgan fingerprint density at radius 3 is 2.52 bits per heavy atom. The molecule has 0 aliphatic carbocycles. The Balaban J connectivity index is 1.43. The Morgan fingerprint density at radius 1 is 1.09 bits per heavy atom. The maximum absolute atomic E-state index is 12.7. The second-order valence-corrected chi connectivity index (χ2v) is 9.37. The Labute approximate surface area is 212 Å². The second kappa shape index (κ2) is 10.7. The van der Waals surface area contributed by atoms with Crippen LogP contribution in [-0.2, 0) is 0 Å². The summed E-state index contributed by atoms with van der Waals surface area (Å²) in [6, 6.07) is 16.7. The summed E-state index contributed by atoms with van der Waals surface area (Å²) in [6.07, 6.45) is 0. The van der Waals surface area contributed by atoms with Crippen LogP contribution >= 0.6 is 39.7 Å². The first-order valence-corrected chi connectivity index (χ1v) is 12.3. The molecular weight excluding hydrogens is 524 g/mol. The number of hydrogen-bond donors (Lipinski definition) is 2. The molecule has 1 aliphatic heterocycles. The fourth-order valence-electron chi connectivity index (χ4n) is 3.77. The van der Waals surface area contributed by atoms with Gasteiger partial charge in [-0.15, -0.1) is 0 Å². The zero-order valence-electron chi connectivity index (χ0n) is 18.1. The molecule has 33 heavy (non-hydrogen) atoms. The molecule has 0 atom stereocenters. The van der Waals surface area contributed by atoms with Gasteiger partial charge in [-0.05, 0) is 55.2 Å². The molecule has 1 aliphatic rings. The number of benzene rings is 2. The van der Waals surface area contributed by atoms with Gasteiger partial charge in [-0.2, -0.15) is 0 Å². The monoisotopic (exact) mass is 546 g/mol. The number of carbonyl (C=O) groups excluding carboxylic acids is 1. The number of halogens is 2. The molecule has 9 heteroatoms. The van der Waals surface area contributed by atoms with E-state index in [0.717, 1.165) is 54.1 Å². The van der Waals surface area contributed by atoms with E-state index >= 15 is 0 Å². The molecule has 1 amide bonds. The lowest BCUT2D eigenvalue weighted by atomic mass is 10.2. The van der Waals surface area contributed by atoms with Crippen molar-refractivity contribution < 1.29 is 9.21 Å². The van der Waals surface area contributed by atoms with Gasteiger partial charge in [0, 0.05) is 36.2 Å². The number of anilines is 2. The molecule has 0 unspecified atom stereocenters. The lowest BCUT2D eigenvalue weighted by molar-refractivity contribution is 0.0951. The topological polar surface area (TPSA) is 60.8 Å². The van der Waals surface area contributed by atoms with Crippen molar-refractivity contribution in [3.05, 3.63) is 69.9 Å². The SMILES string of the molecule is CCN1CCN(c2c(Cl)cccc2NC(=S)NC(=O)c2ccc(-c3ccc(Br)cc3)o2)CC1. The highest BCUT2D eigenvalue weighted by Crippen LogP contribution is 2.34. The molecule has 3 aromatic rings. The van der Waals surface area contributed by atoms with Gasteiger partial charge >= 0.3 is 0 Å². The molecule has 0 spiro atoms. The Kier molecular flexibility index (Phi) is 7.70. The van der Waals surface area contributed by atoms with Crippen LogP contribution in [0.25, 0.3) is 11.3 Å². The number of hydrogen-bond acceptors (Lipinski definition) is 5. The van der Waals surface area contributed by atoms with Crippen LogP contribution in [0.5, 0.6) is 0 Å². The van der Waals surface area contributed by atoms with Crippen LogP contribution in [0, 0.1) is 0 Å². The van der Waals surface area contributed by atoms with Gasteiger partial charge in [-0.1, -0.05) is 52.7 Å².